The van der Waals surface area contributed by atoms with Crippen molar-refractivity contribution in [1.82, 2.24) is 9.78 Å². The Hall–Kier alpha value is -1.16. The van der Waals surface area contributed by atoms with E-state index in [1.165, 1.54) is 0 Å². The SMILES string of the molecule is CCCn1nccc1C(=O)CCCN. The predicted octanol–water partition coefficient (Wildman–Crippen LogP) is 1.21. The van der Waals surface area contributed by atoms with Crippen LogP contribution in [0.3, 0.4) is 0 Å². The highest BCUT2D eigenvalue weighted by Gasteiger charge is 2.10. The summed E-state index contributed by atoms with van der Waals surface area (Å²) in [5.41, 5.74) is 6.06. The highest BCUT2D eigenvalue weighted by atomic mass is 16.1. The van der Waals surface area contributed by atoms with Gasteiger partial charge in [0.25, 0.3) is 0 Å². The minimum absolute atomic E-state index is 0.140. The summed E-state index contributed by atoms with van der Waals surface area (Å²) >= 11 is 0. The van der Waals surface area contributed by atoms with Gasteiger partial charge in [0.15, 0.2) is 5.78 Å². The molecule has 0 aliphatic heterocycles. The van der Waals surface area contributed by atoms with Crippen molar-refractivity contribution in [2.75, 3.05) is 6.54 Å². The van der Waals surface area contributed by atoms with Crippen molar-refractivity contribution in [3.8, 4) is 0 Å². The van der Waals surface area contributed by atoms with Crippen LogP contribution < -0.4 is 5.73 Å². The summed E-state index contributed by atoms with van der Waals surface area (Å²) < 4.78 is 1.76. The Bertz CT molecular complexity index is 293. The Morgan fingerprint density at radius 3 is 3.07 bits per heavy atom. The topological polar surface area (TPSA) is 60.9 Å². The molecular formula is C10H17N3O. The Kier molecular flexibility index (Phi) is 4.32. The first-order valence-electron chi connectivity index (χ1n) is 5.04. The molecule has 0 saturated carbocycles. The maximum Gasteiger partial charge on any atom is 0.180 e. The van der Waals surface area contributed by atoms with E-state index in [4.69, 9.17) is 5.73 Å². The molecule has 0 aliphatic rings. The number of aryl methyl sites for hydroxylation is 1. The number of nitrogens with two attached hydrogens (primary N) is 1. The zero-order valence-corrected chi connectivity index (χ0v) is 8.57. The molecule has 0 unspecified atom stereocenters. The standard InChI is InChI=1S/C10H17N3O/c1-2-8-13-9(5-7-12-13)10(14)4-3-6-11/h5,7H,2-4,6,8,11H2,1H3. The third-order valence-corrected chi connectivity index (χ3v) is 2.05. The zero-order chi connectivity index (χ0) is 10.4. The predicted molar refractivity (Wildman–Crippen MR) is 55.1 cm³/mol. The first-order chi connectivity index (χ1) is 6.79. The van der Waals surface area contributed by atoms with Crippen LogP contribution in [0.15, 0.2) is 12.3 Å². The van der Waals surface area contributed by atoms with Gasteiger partial charge in [0, 0.05) is 19.2 Å². The normalized spacial score (nSPS) is 10.4. The minimum Gasteiger partial charge on any atom is -0.330 e. The van der Waals surface area contributed by atoms with Gasteiger partial charge >= 0.3 is 0 Å². The first kappa shape index (κ1) is 10.9. The Morgan fingerprint density at radius 1 is 1.64 bits per heavy atom. The van der Waals surface area contributed by atoms with Gasteiger partial charge in [-0.2, -0.15) is 5.10 Å². The minimum atomic E-state index is 0.140. The number of nitrogens with zero attached hydrogens (tertiary/aromatic N) is 2. The Labute approximate surface area is 84.1 Å². The molecule has 1 heterocycles. The first-order valence-corrected chi connectivity index (χ1v) is 5.04. The van der Waals surface area contributed by atoms with Crippen LogP contribution in [-0.2, 0) is 6.54 Å². The molecule has 0 aliphatic carbocycles. The molecule has 0 spiro atoms. The monoisotopic (exact) mass is 195 g/mol. The average Bonchev–Trinajstić information content (AvgIpc) is 2.63. The second kappa shape index (κ2) is 5.54. The van der Waals surface area contributed by atoms with Gasteiger partial charge in [-0.05, 0) is 25.5 Å². The van der Waals surface area contributed by atoms with E-state index in [2.05, 4.69) is 12.0 Å². The van der Waals surface area contributed by atoms with Gasteiger partial charge in [0.05, 0.1) is 0 Å². The molecule has 0 atom stereocenters. The molecule has 1 aromatic heterocycles. The van der Waals surface area contributed by atoms with Crippen LogP contribution in [0.25, 0.3) is 0 Å². The van der Waals surface area contributed by atoms with Gasteiger partial charge in [-0.15, -0.1) is 0 Å². The lowest BCUT2D eigenvalue weighted by Crippen LogP contribution is -2.11. The van der Waals surface area contributed by atoms with Gasteiger partial charge in [0.2, 0.25) is 0 Å². The van der Waals surface area contributed by atoms with Gasteiger partial charge in [-0.25, -0.2) is 0 Å². The van der Waals surface area contributed by atoms with Crippen LogP contribution in [0.4, 0.5) is 0 Å². The average molecular weight is 195 g/mol. The van der Waals surface area contributed by atoms with Crippen molar-refractivity contribution in [3.05, 3.63) is 18.0 Å². The number of hydrogen-bond donors (Lipinski definition) is 1. The van der Waals surface area contributed by atoms with Gasteiger partial charge in [0.1, 0.15) is 5.69 Å². The lowest BCUT2D eigenvalue weighted by Gasteiger charge is -2.04. The van der Waals surface area contributed by atoms with Crippen LogP contribution in [0.5, 0.6) is 0 Å². The van der Waals surface area contributed by atoms with E-state index >= 15 is 0 Å². The van der Waals surface area contributed by atoms with E-state index in [0.29, 0.717) is 18.7 Å². The van der Waals surface area contributed by atoms with Crippen molar-refractivity contribution in [3.63, 3.8) is 0 Å². The summed E-state index contributed by atoms with van der Waals surface area (Å²) in [6, 6.07) is 1.77. The van der Waals surface area contributed by atoms with Gasteiger partial charge in [-0.3, -0.25) is 9.48 Å². The second-order valence-electron chi connectivity index (χ2n) is 3.25. The summed E-state index contributed by atoms with van der Waals surface area (Å²) in [5, 5.41) is 4.10. The van der Waals surface area contributed by atoms with E-state index in [9.17, 15) is 4.79 Å². The van der Waals surface area contributed by atoms with Crippen molar-refractivity contribution < 1.29 is 4.79 Å². The van der Waals surface area contributed by atoms with E-state index < -0.39 is 0 Å². The molecule has 0 bridgehead atoms. The molecule has 0 amide bonds. The molecule has 78 valence electrons. The molecular weight excluding hydrogens is 178 g/mol. The lowest BCUT2D eigenvalue weighted by molar-refractivity contribution is 0.0970. The second-order valence-corrected chi connectivity index (χ2v) is 3.25. The summed E-state index contributed by atoms with van der Waals surface area (Å²) in [7, 11) is 0. The van der Waals surface area contributed by atoms with Crippen molar-refractivity contribution in [1.29, 1.82) is 0 Å². The van der Waals surface area contributed by atoms with Crippen molar-refractivity contribution in [2.45, 2.75) is 32.7 Å². The number of hydrogen-bond acceptors (Lipinski definition) is 3. The Balaban J connectivity index is 2.63. The fourth-order valence-electron chi connectivity index (χ4n) is 1.35. The molecule has 0 fully saturated rings. The third kappa shape index (κ3) is 2.67. The Morgan fingerprint density at radius 2 is 2.43 bits per heavy atom. The molecule has 0 radical (unpaired) electrons. The summed E-state index contributed by atoms with van der Waals surface area (Å²) in [6.07, 6.45) is 3.92. The third-order valence-electron chi connectivity index (χ3n) is 2.05. The number of Topliss-reactive ketones (excluding diaryl/α,β-unsaturated/α-hetero) is 1. The smallest absolute Gasteiger partial charge is 0.180 e. The molecule has 2 N–H and O–H groups in total. The summed E-state index contributed by atoms with van der Waals surface area (Å²) in [4.78, 5) is 11.6. The van der Waals surface area contributed by atoms with E-state index in [-0.39, 0.29) is 5.78 Å². The number of ketones is 1. The van der Waals surface area contributed by atoms with Crippen molar-refractivity contribution >= 4 is 5.78 Å². The highest BCUT2D eigenvalue weighted by Crippen LogP contribution is 2.05. The van der Waals surface area contributed by atoms with Crippen LogP contribution in [0.2, 0.25) is 0 Å². The summed E-state index contributed by atoms with van der Waals surface area (Å²) in [6.45, 7) is 3.43. The number of carbonyl (C=O) groups is 1. The lowest BCUT2D eigenvalue weighted by atomic mass is 10.1. The molecule has 0 saturated heterocycles. The summed E-state index contributed by atoms with van der Waals surface area (Å²) in [5.74, 6) is 0.140. The van der Waals surface area contributed by atoms with Gasteiger partial charge < -0.3 is 5.73 Å². The number of carbonyl (C=O) groups excluding carboxylic acids is 1. The van der Waals surface area contributed by atoms with Crippen LogP contribution in [0.1, 0.15) is 36.7 Å². The zero-order valence-electron chi connectivity index (χ0n) is 8.57. The van der Waals surface area contributed by atoms with Gasteiger partial charge in [-0.1, -0.05) is 6.92 Å². The van der Waals surface area contributed by atoms with E-state index in [1.54, 1.807) is 16.9 Å². The fourth-order valence-corrected chi connectivity index (χ4v) is 1.35. The number of aromatic nitrogens is 2. The highest BCUT2D eigenvalue weighted by molar-refractivity contribution is 5.94. The van der Waals surface area contributed by atoms with Crippen LogP contribution in [-0.4, -0.2) is 22.1 Å². The quantitative estimate of drug-likeness (QED) is 0.694. The van der Waals surface area contributed by atoms with E-state index in [1.807, 2.05) is 0 Å². The molecule has 4 heteroatoms. The maximum atomic E-state index is 11.6. The number of rotatable bonds is 6. The van der Waals surface area contributed by atoms with Crippen LogP contribution >= 0.6 is 0 Å². The molecule has 1 aromatic rings. The van der Waals surface area contributed by atoms with Crippen LogP contribution in [0, 0.1) is 0 Å². The van der Waals surface area contributed by atoms with E-state index in [0.717, 1.165) is 19.4 Å². The maximum absolute atomic E-state index is 11.6. The van der Waals surface area contributed by atoms with Crippen molar-refractivity contribution in [2.24, 2.45) is 5.73 Å². The molecule has 1 rings (SSSR count). The molecule has 4 nitrogen and oxygen atoms in total. The molecule has 0 aromatic carbocycles. The largest absolute Gasteiger partial charge is 0.330 e. The molecule has 14 heavy (non-hydrogen) atoms. The fraction of sp³-hybridized carbons (Fsp3) is 0.600.